The Hall–Kier alpha value is -3.33. The Kier molecular flexibility index (Phi) is 4.77. The second-order valence-corrected chi connectivity index (χ2v) is 8.66. The molecule has 0 amide bonds. The third-order valence-electron chi connectivity index (χ3n) is 4.50. The average molecular weight is 432 g/mol. The van der Waals surface area contributed by atoms with Gasteiger partial charge in [-0.3, -0.25) is 0 Å². The van der Waals surface area contributed by atoms with E-state index in [4.69, 9.17) is 4.42 Å². The summed E-state index contributed by atoms with van der Waals surface area (Å²) >= 11 is 0. The summed E-state index contributed by atoms with van der Waals surface area (Å²) in [7, 11) is -3.43. The largest absolute Gasteiger partial charge is 0.464 e. The van der Waals surface area contributed by atoms with Gasteiger partial charge in [0.05, 0.1) is 22.5 Å². The molecule has 4 rings (SSSR count). The maximum atomic E-state index is 13.3. The van der Waals surface area contributed by atoms with E-state index in [2.05, 4.69) is 5.10 Å². The van der Waals surface area contributed by atoms with E-state index in [-0.39, 0.29) is 10.6 Å². The molecule has 0 unspecified atom stereocenters. The van der Waals surface area contributed by atoms with Gasteiger partial charge in [-0.05, 0) is 42.5 Å². The van der Waals surface area contributed by atoms with Crippen LogP contribution in [0.4, 0.5) is 13.2 Å². The van der Waals surface area contributed by atoms with Crippen LogP contribution in [0.25, 0.3) is 28.3 Å². The maximum absolute atomic E-state index is 13.3. The van der Waals surface area contributed by atoms with Gasteiger partial charge >= 0.3 is 6.18 Å². The Bertz CT molecular complexity index is 1270. The summed E-state index contributed by atoms with van der Waals surface area (Å²) in [6.07, 6.45) is -2.03. The Balaban J connectivity index is 1.80. The normalized spacial score (nSPS) is 12.3. The summed E-state index contributed by atoms with van der Waals surface area (Å²) < 4.78 is 69.7. The monoisotopic (exact) mass is 432 g/mol. The highest BCUT2D eigenvalue weighted by Crippen LogP contribution is 2.34. The minimum Gasteiger partial charge on any atom is -0.464 e. The third-order valence-corrected chi connectivity index (χ3v) is 5.62. The third kappa shape index (κ3) is 3.88. The molecule has 0 spiro atoms. The topological polar surface area (TPSA) is 65.1 Å². The molecule has 5 nitrogen and oxygen atoms in total. The summed E-state index contributed by atoms with van der Waals surface area (Å²) in [6.45, 7) is 0. The number of hydrogen-bond acceptors (Lipinski definition) is 4. The van der Waals surface area contributed by atoms with Gasteiger partial charge in [-0.2, -0.15) is 18.3 Å². The van der Waals surface area contributed by atoms with Gasteiger partial charge in [0.15, 0.2) is 15.5 Å². The first-order chi connectivity index (χ1) is 14.1. The van der Waals surface area contributed by atoms with Gasteiger partial charge in [0.1, 0.15) is 5.76 Å². The van der Waals surface area contributed by atoms with E-state index in [1.165, 1.54) is 30.5 Å². The molecule has 4 aromatic rings. The van der Waals surface area contributed by atoms with Crippen molar-refractivity contribution in [3.05, 3.63) is 78.7 Å². The van der Waals surface area contributed by atoms with Crippen molar-refractivity contribution in [3.8, 4) is 28.3 Å². The standard InChI is InChI=1S/C21H15F3N2O3S/c1-30(27,28)17-10-8-16(9-11-17)26-18(13-20(25-26)21(22,23)24)14-4-6-15(7-5-14)19-3-2-12-29-19/h2-13H,1H3. The lowest BCUT2D eigenvalue weighted by molar-refractivity contribution is -0.141. The summed E-state index contributed by atoms with van der Waals surface area (Å²) in [5, 5.41) is 3.72. The smallest absolute Gasteiger partial charge is 0.435 e. The number of furan rings is 1. The Morgan fingerprint density at radius 3 is 2.10 bits per heavy atom. The number of nitrogens with zero attached hydrogens (tertiary/aromatic N) is 2. The quantitative estimate of drug-likeness (QED) is 0.443. The zero-order valence-electron chi connectivity index (χ0n) is 15.6. The zero-order valence-corrected chi connectivity index (χ0v) is 16.4. The fourth-order valence-electron chi connectivity index (χ4n) is 3.00. The van der Waals surface area contributed by atoms with Crippen LogP contribution in [0, 0.1) is 0 Å². The number of aromatic nitrogens is 2. The Morgan fingerprint density at radius 1 is 0.933 bits per heavy atom. The highest BCUT2D eigenvalue weighted by molar-refractivity contribution is 7.90. The number of alkyl halides is 3. The highest BCUT2D eigenvalue weighted by Gasteiger charge is 2.35. The van der Waals surface area contributed by atoms with Crippen LogP contribution in [-0.4, -0.2) is 24.5 Å². The lowest BCUT2D eigenvalue weighted by atomic mass is 10.1. The predicted molar refractivity (Wildman–Crippen MR) is 105 cm³/mol. The Morgan fingerprint density at radius 2 is 1.57 bits per heavy atom. The molecule has 2 heterocycles. The molecule has 0 saturated heterocycles. The van der Waals surface area contributed by atoms with Gasteiger partial charge in [0.2, 0.25) is 0 Å². The molecule has 0 saturated carbocycles. The van der Waals surface area contributed by atoms with Crippen LogP contribution >= 0.6 is 0 Å². The molecule has 0 radical (unpaired) electrons. The number of rotatable bonds is 4. The molecule has 2 aromatic heterocycles. The first kappa shape index (κ1) is 20.0. The van der Waals surface area contributed by atoms with Gasteiger partial charge in [0.25, 0.3) is 0 Å². The van der Waals surface area contributed by atoms with Crippen LogP contribution in [0.5, 0.6) is 0 Å². The van der Waals surface area contributed by atoms with E-state index < -0.39 is 21.7 Å². The first-order valence-electron chi connectivity index (χ1n) is 8.75. The van der Waals surface area contributed by atoms with E-state index in [1.54, 1.807) is 36.4 Å². The van der Waals surface area contributed by atoms with Crippen LogP contribution in [0.15, 0.2) is 82.3 Å². The van der Waals surface area contributed by atoms with Crippen molar-refractivity contribution in [3.63, 3.8) is 0 Å². The maximum Gasteiger partial charge on any atom is 0.435 e. The van der Waals surface area contributed by atoms with Crippen molar-refractivity contribution in [2.75, 3.05) is 6.26 Å². The van der Waals surface area contributed by atoms with Gasteiger partial charge < -0.3 is 4.42 Å². The molecule has 0 bridgehead atoms. The van der Waals surface area contributed by atoms with Crippen LogP contribution in [0.3, 0.4) is 0 Å². The number of sulfone groups is 1. The lowest BCUT2D eigenvalue weighted by Crippen LogP contribution is -2.07. The molecule has 154 valence electrons. The van der Waals surface area contributed by atoms with E-state index in [0.717, 1.165) is 22.6 Å². The van der Waals surface area contributed by atoms with Crippen LogP contribution in [-0.2, 0) is 16.0 Å². The van der Waals surface area contributed by atoms with E-state index in [1.807, 2.05) is 0 Å². The second-order valence-electron chi connectivity index (χ2n) is 6.65. The van der Waals surface area contributed by atoms with Crippen molar-refractivity contribution in [1.82, 2.24) is 9.78 Å². The van der Waals surface area contributed by atoms with Crippen LogP contribution in [0.1, 0.15) is 5.69 Å². The molecular formula is C21H15F3N2O3S. The van der Waals surface area contributed by atoms with Crippen LogP contribution in [0.2, 0.25) is 0 Å². The van der Waals surface area contributed by atoms with Crippen molar-refractivity contribution in [2.45, 2.75) is 11.1 Å². The summed E-state index contributed by atoms with van der Waals surface area (Å²) in [4.78, 5) is 0.0683. The average Bonchev–Trinajstić information content (AvgIpc) is 3.37. The van der Waals surface area contributed by atoms with Crippen molar-refractivity contribution < 1.29 is 26.0 Å². The molecule has 0 aliphatic carbocycles. The molecule has 30 heavy (non-hydrogen) atoms. The summed E-state index contributed by atoms with van der Waals surface area (Å²) in [5.41, 5.74) is 0.784. The fourth-order valence-corrected chi connectivity index (χ4v) is 3.64. The molecule has 0 aliphatic heterocycles. The first-order valence-corrected chi connectivity index (χ1v) is 10.6. The summed E-state index contributed by atoms with van der Waals surface area (Å²) in [6, 6.07) is 16.8. The summed E-state index contributed by atoms with van der Waals surface area (Å²) in [5.74, 6) is 0.641. The van der Waals surface area contributed by atoms with E-state index in [9.17, 15) is 21.6 Å². The van der Waals surface area contributed by atoms with Gasteiger partial charge in [-0.1, -0.05) is 24.3 Å². The molecule has 0 atom stereocenters. The van der Waals surface area contributed by atoms with Gasteiger partial charge in [0, 0.05) is 17.4 Å². The predicted octanol–water partition coefficient (Wildman–Crippen LogP) is 5.22. The lowest BCUT2D eigenvalue weighted by Gasteiger charge is -2.09. The molecule has 0 fully saturated rings. The van der Waals surface area contributed by atoms with E-state index in [0.29, 0.717) is 17.0 Å². The number of benzene rings is 2. The minimum absolute atomic E-state index is 0.0683. The highest BCUT2D eigenvalue weighted by atomic mass is 32.2. The molecule has 0 N–H and O–H groups in total. The molecular weight excluding hydrogens is 417 g/mol. The fraction of sp³-hybridized carbons (Fsp3) is 0.0952. The molecule has 0 aliphatic rings. The SMILES string of the molecule is CS(=O)(=O)c1ccc(-n2nc(C(F)(F)F)cc2-c2ccc(-c3ccco3)cc2)cc1. The second kappa shape index (κ2) is 7.17. The van der Waals surface area contributed by atoms with Crippen LogP contribution < -0.4 is 0 Å². The van der Waals surface area contributed by atoms with Crippen molar-refractivity contribution >= 4 is 9.84 Å². The molecule has 9 heteroatoms. The van der Waals surface area contributed by atoms with Gasteiger partial charge in [-0.25, -0.2) is 13.1 Å². The van der Waals surface area contributed by atoms with E-state index >= 15 is 0 Å². The van der Waals surface area contributed by atoms with Crippen molar-refractivity contribution in [1.29, 1.82) is 0 Å². The molecule has 2 aromatic carbocycles. The number of halogens is 3. The zero-order chi connectivity index (χ0) is 21.5. The Labute approximate surface area is 170 Å². The number of hydrogen-bond donors (Lipinski definition) is 0. The van der Waals surface area contributed by atoms with Crippen molar-refractivity contribution in [2.24, 2.45) is 0 Å². The minimum atomic E-state index is -4.62. The van der Waals surface area contributed by atoms with Gasteiger partial charge in [-0.15, -0.1) is 0 Å².